The molecule has 1 aromatic heterocycles. The lowest BCUT2D eigenvalue weighted by Gasteiger charge is -2.25. The third-order valence-electron chi connectivity index (χ3n) is 5.61. The van der Waals surface area contributed by atoms with Gasteiger partial charge in [0.15, 0.2) is 0 Å². The molecular formula is C25H35N7O6. The maximum atomic E-state index is 13.2. The number of H-pyrrole nitrogens is 1. The maximum Gasteiger partial charge on any atom is 0.326 e. The minimum Gasteiger partial charge on any atom is -0.480 e. The van der Waals surface area contributed by atoms with E-state index in [1.54, 1.807) is 30.3 Å². The molecule has 4 unspecified atom stereocenters. The molecule has 0 radical (unpaired) electrons. The third-order valence-corrected chi connectivity index (χ3v) is 5.61. The summed E-state index contributed by atoms with van der Waals surface area (Å²) in [5.74, 6) is -4.27. The fourth-order valence-corrected chi connectivity index (χ4v) is 3.72. The van der Waals surface area contributed by atoms with Crippen LogP contribution in [-0.4, -0.2) is 68.8 Å². The van der Waals surface area contributed by atoms with Gasteiger partial charge >= 0.3 is 5.97 Å². The van der Waals surface area contributed by atoms with Crippen molar-refractivity contribution in [1.82, 2.24) is 25.9 Å². The van der Waals surface area contributed by atoms with E-state index in [1.165, 1.54) is 12.5 Å². The number of primary amides is 1. The number of amides is 4. The van der Waals surface area contributed by atoms with Gasteiger partial charge in [0.1, 0.15) is 18.1 Å². The predicted octanol–water partition coefficient (Wildman–Crippen LogP) is -1.02. The molecule has 0 spiro atoms. The van der Waals surface area contributed by atoms with Crippen LogP contribution in [0.2, 0.25) is 0 Å². The van der Waals surface area contributed by atoms with Crippen LogP contribution in [0.5, 0.6) is 0 Å². The number of nitrogens with two attached hydrogens (primary N) is 2. The second-order valence-electron chi connectivity index (χ2n) is 9.40. The average molecular weight is 530 g/mol. The number of hydrogen-bond acceptors (Lipinski definition) is 7. The van der Waals surface area contributed by atoms with Crippen LogP contribution in [0, 0.1) is 5.92 Å². The summed E-state index contributed by atoms with van der Waals surface area (Å²) in [6, 6.07) is 3.90. The monoisotopic (exact) mass is 529 g/mol. The Balaban J connectivity index is 2.23. The predicted molar refractivity (Wildman–Crippen MR) is 137 cm³/mol. The number of carbonyl (C=O) groups excluding carboxylic acids is 4. The molecule has 2 rings (SSSR count). The fraction of sp³-hybridized carbons (Fsp3) is 0.440. The molecule has 0 aliphatic heterocycles. The van der Waals surface area contributed by atoms with Gasteiger partial charge in [0.25, 0.3) is 0 Å². The number of carbonyl (C=O) groups is 5. The highest BCUT2D eigenvalue weighted by molar-refractivity contribution is 5.96. The van der Waals surface area contributed by atoms with E-state index in [2.05, 4.69) is 25.9 Å². The number of carboxylic acid groups (broad SMARTS) is 1. The van der Waals surface area contributed by atoms with Crippen LogP contribution < -0.4 is 27.4 Å². The topological polar surface area (TPSA) is 222 Å². The Morgan fingerprint density at radius 3 is 2.08 bits per heavy atom. The van der Waals surface area contributed by atoms with Gasteiger partial charge in [0, 0.05) is 24.7 Å². The minimum atomic E-state index is -1.38. The number of hydrogen-bond donors (Lipinski definition) is 7. The first-order chi connectivity index (χ1) is 18.0. The van der Waals surface area contributed by atoms with Crippen LogP contribution in [0.15, 0.2) is 42.9 Å². The Morgan fingerprint density at radius 2 is 1.53 bits per heavy atom. The van der Waals surface area contributed by atoms with Gasteiger partial charge in [-0.3, -0.25) is 19.2 Å². The quantitative estimate of drug-likeness (QED) is 0.151. The van der Waals surface area contributed by atoms with Crippen LogP contribution >= 0.6 is 0 Å². The number of carboxylic acids is 1. The van der Waals surface area contributed by atoms with Crippen LogP contribution in [-0.2, 0) is 36.8 Å². The first-order valence-electron chi connectivity index (χ1n) is 12.1. The Morgan fingerprint density at radius 1 is 0.921 bits per heavy atom. The summed E-state index contributed by atoms with van der Waals surface area (Å²) in [4.78, 5) is 69.0. The lowest BCUT2D eigenvalue weighted by molar-refractivity contribution is -0.142. The van der Waals surface area contributed by atoms with Gasteiger partial charge in [-0.05, 0) is 17.9 Å². The molecular weight excluding hydrogens is 494 g/mol. The van der Waals surface area contributed by atoms with Crippen molar-refractivity contribution >= 4 is 29.6 Å². The molecule has 206 valence electrons. The number of nitrogens with one attached hydrogen (secondary N) is 4. The van der Waals surface area contributed by atoms with Crippen molar-refractivity contribution in [3.05, 3.63) is 54.1 Å². The molecule has 0 bridgehead atoms. The zero-order valence-corrected chi connectivity index (χ0v) is 21.3. The number of imidazole rings is 1. The van der Waals surface area contributed by atoms with Crippen LogP contribution in [0.3, 0.4) is 0 Å². The van der Waals surface area contributed by atoms with Gasteiger partial charge in [0.05, 0.1) is 18.8 Å². The van der Waals surface area contributed by atoms with Crippen molar-refractivity contribution in [2.45, 2.75) is 63.7 Å². The highest BCUT2D eigenvalue weighted by Gasteiger charge is 2.31. The highest BCUT2D eigenvalue weighted by Crippen LogP contribution is 2.08. The Kier molecular flexibility index (Phi) is 11.4. The molecule has 4 atom stereocenters. The summed E-state index contributed by atoms with van der Waals surface area (Å²) in [6.07, 6.45) is 2.59. The molecule has 0 aliphatic carbocycles. The van der Waals surface area contributed by atoms with Gasteiger partial charge in [-0.2, -0.15) is 0 Å². The molecule has 1 heterocycles. The Bertz CT molecular complexity index is 1090. The number of nitrogens with zero attached hydrogens (tertiary/aromatic N) is 1. The van der Waals surface area contributed by atoms with Crippen molar-refractivity contribution < 1.29 is 29.1 Å². The first-order valence-corrected chi connectivity index (χ1v) is 12.1. The van der Waals surface area contributed by atoms with E-state index < -0.39 is 60.2 Å². The Hall–Kier alpha value is -4.26. The van der Waals surface area contributed by atoms with Crippen molar-refractivity contribution in [3.63, 3.8) is 0 Å². The van der Waals surface area contributed by atoms with Crippen molar-refractivity contribution in [2.75, 3.05) is 0 Å². The summed E-state index contributed by atoms with van der Waals surface area (Å²) in [5, 5.41) is 17.0. The fourth-order valence-electron chi connectivity index (χ4n) is 3.72. The summed E-state index contributed by atoms with van der Waals surface area (Å²) in [5.41, 5.74) is 12.4. The molecule has 1 aromatic carbocycles. The number of aliphatic carboxylic acids is 1. The van der Waals surface area contributed by atoms with Gasteiger partial charge in [-0.25, -0.2) is 9.78 Å². The molecule has 2 aromatic rings. The van der Waals surface area contributed by atoms with Gasteiger partial charge in [-0.15, -0.1) is 0 Å². The van der Waals surface area contributed by atoms with Gasteiger partial charge in [-0.1, -0.05) is 44.2 Å². The number of benzene rings is 1. The molecule has 4 amide bonds. The van der Waals surface area contributed by atoms with E-state index in [4.69, 9.17) is 11.5 Å². The molecule has 0 saturated carbocycles. The largest absolute Gasteiger partial charge is 0.480 e. The van der Waals surface area contributed by atoms with E-state index in [1.807, 2.05) is 13.8 Å². The number of rotatable bonds is 15. The summed E-state index contributed by atoms with van der Waals surface area (Å²) in [6.45, 7) is 3.76. The molecule has 0 aliphatic rings. The van der Waals surface area contributed by atoms with Crippen LogP contribution in [0.1, 0.15) is 37.9 Å². The second kappa shape index (κ2) is 14.5. The molecule has 0 saturated heterocycles. The summed E-state index contributed by atoms with van der Waals surface area (Å²) < 4.78 is 0. The highest BCUT2D eigenvalue weighted by atomic mass is 16.4. The van der Waals surface area contributed by atoms with Crippen molar-refractivity contribution in [1.29, 1.82) is 0 Å². The van der Waals surface area contributed by atoms with Crippen LogP contribution in [0.25, 0.3) is 0 Å². The minimum absolute atomic E-state index is 0.0128. The van der Waals surface area contributed by atoms with E-state index >= 15 is 0 Å². The van der Waals surface area contributed by atoms with Crippen molar-refractivity contribution in [2.24, 2.45) is 17.4 Å². The molecule has 38 heavy (non-hydrogen) atoms. The smallest absolute Gasteiger partial charge is 0.326 e. The lowest BCUT2D eigenvalue weighted by atomic mass is 10.0. The van der Waals surface area contributed by atoms with Crippen LogP contribution in [0.4, 0.5) is 0 Å². The average Bonchev–Trinajstić information content (AvgIpc) is 3.35. The zero-order chi connectivity index (χ0) is 28.2. The van der Waals surface area contributed by atoms with Crippen molar-refractivity contribution in [3.8, 4) is 0 Å². The van der Waals surface area contributed by atoms with Gasteiger partial charge in [0.2, 0.25) is 23.6 Å². The zero-order valence-electron chi connectivity index (χ0n) is 21.3. The maximum absolute atomic E-state index is 13.2. The van der Waals surface area contributed by atoms with E-state index in [0.717, 1.165) is 0 Å². The Labute approximate surface area is 220 Å². The molecule has 13 heteroatoms. The number of aromatic nitrogens is 2. The molecule has 9 N–H and O–H groups in total. The standard InChI is InChI=1S/C25H35N7O6/c1-14(2)8-17(26)22(34)30-19(11-21(27)33)24(36)31-18(9-15-6-4-3-5-7-15)23(35)32-20(25(37)38)10-16-12-28-13-29-16/h3-7,12-14,17-20H,8-11,26H2,1-2H3,(H2,27,33)(H,28,29)(H,30,34)(H,31,36)(H,32,35)(H,37,38). The van der Waals surface area contributed by atoms with E-state index in [9.17, 15) is 29.1 Å². The normalized spacial score (nSPS) is 14.1. The summed E-state index contributed by atoms with van der Waals surface area (Å²) in [7, 11) is 0. The second-order valence-corrected chi connectivity index (χ2v) is 9.40. The molecule has 0 fully saturated rings. The number of aromatic amines is 1. The lowest BCUT2D eigenvalue weighted by Crippen LogP contribution is -2.58. The third kappa shape index (κ3) is 10.0. The summed E-state index contributed by atoms with van der Waals surface area (Å²) >= 11 is 0. The van der Waals surface area contributed by atoms with E-state index in [0.29, 0.717) is 17.7 Å². The molecule has 13 nitrogen and oxygen atoms in total. The first kappa shape index (κ1) is 30.0. The van der Waals surface area contributed by atoms with E-state index in [-0.39, 0.29) is 18.8 Å². The van der Waals surface area contributed by atoms with Gasteiger partial charge < -0.3 is 37.5 Å². The SMILES string of the molecule is CC(C)CC(N)C(=O)NC(CC(N)=O)C(=O)NC(Cc1ccccc1)C(=O)NC(Cc1cnc[nH]1)C(=O)O.